The summed E-state index contributed by atoms with van der Waals surface area (Å²) in [6.45, 7) is 7.97. The van der Waals surface area contributed by atoms with Gasteiger partial charge in [-0.3, -0.25) is 0 Å². The first-order chi connectivity index (χ1) is 10.2. The molecule has 0 unspecified atom stereocenters. The fourth-order valence-electron chi connectivity index (χ4n) is 3.55. The summed E-state index contributed by atoms with van der Waals surface area (Å²) < 4.78 is 0. The van der Waals surface area contributed by atoms with Gasteiger partial charge in [0.2, 0.25) is 0 Å². The van der Waals surface area contributed by atoms with Crippen LogP contribution in [0, 0.1) is 24.2 Å². The van der Waals surface area contributed by atoms with Crippen LogP contribution in [-0.2, 0) is 0 Å². The molecular weight excluding hydrogens is 260 g/mol. The average Bonchev–Trinajstić information content (AvgIpc) is 3.00. The number of anilines is 1. The van der Waals surface area contributed by atoms with Crippen LogP contribution in [0.5, 0.6) is 0 Å². The number of piperidine rings is 1. The van der Waals surface area contributed by atoms with Crippen molar-refractivity contribution in [3.63, 3.8) is 0 Å². The molecule has 1 aromatic rings. The van der Waals surface area contributed by atoms with Crippen molar-refractivity contribution in [1.82, 2.24) is 9.88 Å². The van der Waals surface area contributed by atoms with E-state index in [1.54, 1.807) is 0 Å². The zero-order valence-electron chi connectivity index (χ0n) is 12.9. The molecule has 0 amide bonds. The maximum absolute atomic E-state index is 9.08. The highest BCUT2D eigenvalue weighted by molar-refractivity contribution is 5.46. The van der Waals surface area contributed by atoms with Gasteiger partial charge in [-0.1, -0.05) is 0 Å². The zero-order valence-corrected chi connectivity index (χ0v) is 12.9. The van der Waals surface area contributed by atoms with Gasteiger partial charge in [0, 0.05) is 25.3 Å². The third-order valence-electron chi connectivity index (χ3n) is 4.72. The Bertz CT molecular complexity index is 520. The molecule has 0 spiro atoms. The van der Waals surface area contributed by atoms with Crippen LogP contribution >= 0.6 is 0 Å². The summed E-state index contributed by atoms with van der Waals surface area (Å²) in [4.78, 5) is 9.56. The summed E-state index contributed by atoms with van der Waals surface area (Å²) >= 11 is 0. The Morgan fingerprint density at radius 1 is 1.19 bits per heavy atom. The standard InChI is InChI=1S/C17H24N4/c1-14-10-16(12-18)11-17(19-14)21-8-4-15(5-9-21)13-20-6-2-3-7-20/h10-11,15H,2-9,13H2,1H3. The van der Waals surface area contributed by atoms with Crippen molar-refractivity contribution >= 4 is 5.82 Å². The molecule has 0 aliphatic carbocycles. The van der Waals surface area contributed by atoms with Gasteiger partial charge in [-0.25, -0.2) is 4.98 Å². The minimum Gasteiger partial charge on any atom is -0.357 e. The molecule has 0 radical (unpaired) electrons. The topological polar surface area (TPSA) is 43.2 Å². The Balaban J connectivity index is 1.58. The number of hydrogen-bond acceptors (Lipinski definition) is 4. The smallest absolute Gasteiger partial charge is 0.130 e. The number of likely N-dealkylation sites (tertiary alicyclic amines) is 1. The van der Waals surface area contributed by atoms with Gasteiger partial charge < -0.3 is 9.80 Å². The Labute approximate surface area is 127 Å². The molecule has 3 rings (SSSR count). The third-order valence-corrected chi connectivity index (χ3v) is 4.72. The number of pyridine rings is 1. The molecule has 3 heterocycles. The predicted molar refractivity (Wildman–Crippen MR) is 84.3 cm³/mol. The first-order valence-electron chi connectivity index (χ1n) is 8.11. The Morgan fingerprint density at radius 2 is 1.90 bits per heavy atom. The molecule has 2 fully saturated rings. The van der Waals surface area contributed by atoms with Crippen LogP contribution < -0.4 is 4.90 Å². The highest BCUT2D eigenvalue weighted by Gasteiger charge is 2.23. The number of nitriles is 1. The van der Waals surface area contributed by atoms with Gasteiger partial charge in [0.15, 0.2) is 0 Å². The van der Waals surface area contributed by atoms with E-state index in [1.807, 2.05) is 19.1 Å². The van der Waals surface area contributed by atoms with E-state index >= 15 is 0 Å². The van der Waals surface area contributed by atoms with Crippen molar-refractivity contribution in [3.8, 4) is 6.07 Å². The molecule has 0 N–H and O–H groups in total. The second-order valence-electron chi connectivity index (χ2n) is 6.41. The lowest BCUT2D eigenvalue weighted by atomic mass is 9.96. The molecule has 4 heteroatoms. The Kier molecular flexibility index (Phi) is 4.40. The number of aryl methyl sites for hydroxylation is 1. The lowest BCUT2D eigenvalue weighted by Crippen LogP contribution is -2.38. The highest BCUT2D eigenvalue weighted by atomic mass is 15.2. The number of rotatable bonds is 3. The summed E-state index contributed by atoms with van der Waals surface area (Å²) in [6.07, 6.45) is 5.24. The molecule has 1 aromatic heterocycles. The van der Waals surface area contributed by atoms with Crippen LogP contribution in [0.4, 0.5) is 5.82 Å². The van der Waals surface area contributed by atoms with Crippen LogP contribution in [-0.4, -0.2) is 42.6 Å². The SMILES string of the molecule is Cc1cc(C#N)cc(N2CCC(CN3CCCC3)CC2)n1. The summed E-state index contributed by atoms with van der Waals surface area (Å²) in [7, 11) is 0. The molecule has 2 aliphatic rings. The Morgan fingerprint density at radius 3 is 2.57 bits per heavy atom. The van der Waals surface area contributed by atoms with Crippen molar-refractivity contribution in [1.29, 1.82) is 5.26 Å². The molecule has 2 aliphatic heterocycles. The maximum atomic E-state index is 9.08. The number of hydrogen-bond donors (Lipinski definition) is 0. The second kappa shape index (κ2) is 6.44. The normalized spacial score (nSPS) is 20.7. The maximum Gasteiger partial charge on any atom is 0.130 e. The van der Waals surface area contributed by atoms with Crippen molar-refractivity contribution < 1.29 is 0 Å². The third kappa shape index (κ3) is 3.54. The van der Waals surface area contributed by atoms with Crippen LogP contribution in [0.15, 0.2) is 12.1 Å². The summed E-state index contributed by atoms with van der Waals surface area (Å²) in [5.74, 6) is 1.81. The number of nitrogens with zero attached hydrogens (tertiary/aromatic N) is 4. The minimum absolute atomic E-state index is 0.719. The van der Waals surface area contributed by atoms with Crippen LogP contribution in [0.2, 0.25) is 0 Å². The van der Waals surface area contributed by atoms with Gasteiger partial charge in [-0.15, -0.1) is 0 Å². The van der Waals surface area contributed by atoms with Gasteiger partial charge in [0.1, 0.15) is 5.82 Å². The summed E-state index contributed by atoms with van der Waals surface area (Å²) in [5, 5.41) is 9.08. The van der Waals surface area contributed by atoms with Gasteiger partial charge in [-0.2, -0.15) is 5.26 Å². The van der Waals surface area contributed by atoms with Crippen molar-refractivity contribution in [2.75, 3.05) is 37.6 Å². The van der Waals surface area contributed by atoms with E-state index in [9.17, 15) is 0 Å². The lowest BCUT2D eigenvalue weighted by Gasteiger charge is -2.34. The van der Waals surface area contributed by atoms with E-state index < -0.39 is 0 Å². The predicted octanol–water partition coefficient (Wildman–Crippen LogP) is 2.57. The quantitative estimate of drug-likeness (QED) is 0.855. The fraction of sp³-hybridized carbons (Fsp3) is 0.647. The first-order valence-corrected chi connectivity index (χ1v) is 8.11. The van der Waals surface area contributed by atoms with E-state index in [2.05, 4.69) is 20.9 Å². The summed E-state index contributed by atoms with van der Waals surface area (Å²) in [5.41, 5.74) is 1.65. The number of aromatic nitrogens is 1. The van der Waals surface area contributed by atoms with Crippen LogP contribution in [0.25, 0.3) is 0 Å². The molecular formula is C17H24N4. The average molecular weight is 284 g/mol. The highest BCUT2D eigenvalue weighted by Crippen LogP contribution is 2.24. The van der Waals surface area contributed by atoms with Gasteiger partial charge >= 0.3 is 0 Å². The van der Waals surface area contributed by atoms with E-state index in [4.69, 9.17) is 5.26 Å². The van der Waals surface area contributed by atoms with Gasteiger partial charge in [0.25, 0.3) is 0 Å². The molecule has 0 atom stereocenters. The molecule has 21 heavy (non-hydrogen) atoms. The largest absolute Gasteiger partial charge is 0.357 e. The molecule has 4 nitrogen and oxygen atoms in total. The van der Waals surface area contributed by atoms with Crippen molar-refractivity contribution in [3.05, 3.63) is 23.4 Å². The lowest BCUT2D eigenvalue weighted by molar-refractivity contribution is 0.249. The van der Waals surface area contributed by atoms with Crippen LogP contribution in [0.1, 0.15) is 36.9 Å². The van der Waals surface area contributed by atoms with Gasteiger partial charge in [0.05, 0.1) is 11.6 Å². The zero-order chi connectivity index (χ0) is 14.7. The molecule has 2 saturated heterocycles. The van der Waals surface area contributed by atoms with Crippen molar-refractivity contribution in [2.45, 2.75) is 32.6 Å². The van der Waals surface area contributed by atoms with Gasteiger partial charge in [-0.05, 0) is 63.7 Å². The van der Waals surface area contributed by atoms with Crippen molar-refractivity contribution in [2.24, 2.45) is 5.92 Å². The molecule has 0 aromatic carbocycles. The monoisotopic (exact) mass is 284 g/mol. The fourth-order valence-corrected chi connectivity index (χ4v) is 3.55. The minimum atomic E-state index is 0.719. The Hall–Kier alpha value is -1.60. The van der Waals surface area contributed by atoms with E-state index in [0.29, 0.717) is 0 Å². The van der Waals surface area contributed by atoms with E-state index in [1.165, 1.54) is 45.3 Å². The molecule has 0 saturated carbocycles. The van der Waals surface area contributed by atoms with E-state index in [0.717, 1.165) is 36.1 Å². The molecule has 112 valence electrons. The van der Waals surface area contributed by atoms with Crippen LogP contribution in [0.3, 0.4) is 0 Å². The summed E-state index contributed by atoms with van der Waals surface area (Å²) in [6, 6.07) is 6.01. The van der Waals surface area contributed by atoms with E-state index in [-0.39, 0.29) is 0 Å². The first kappa shape index (κ1) is 14.3. The second-order valence-corrected chi connectivity index (χ2v) is 6.41. The molecule has 0 bridgehead atoms.